The van der Waals surface area contributed by atoms with E-state index in [-0.39, 0.29) is 5.82 Å². The molecule has 112 valence electrons. The van der Waals surface area contributed by atoms with Gasteiger partial charge in [0.15, 0.2) is 0 Å². The predicted molar refractivity (Wildman–Crippen MR) is 86.9 cm³/mol. The minimum absolute atomic E-state index is 0.234. The summed E-state index contributed by atoms with van der Waals surface area (Å²) in [5.41, 5.74) is 1.66. The molecule has 0 bridgehead atoms. The zero-order valence-corrected chi connectivity index (χ0v) is 13.0. The van der Waals surface area contributed by atoms with Crippen LogP contribution < -0.4 is 5.32 Å². The van der Waals surface area contributed by atoms with E-state index in [2.05, 4.69) is 16.4 Å². The Bertz CT molecular complexity index is 756. The Morgan fingerprint density at radius 2 is 2.09 bits per heavy atom. The third-order valence-electron chi connectivity index (χ3n) is 3.19. The zero-order chi connectivity index (χ0) is 15.4. The maximum absolute atomic E-state index is 14.1. The van der Waals surface area contributed by atoms with Gasteiger partial charge in [-0.3, -0.25) is 4.98 Å². The molecule has 0 fully saturated rings. The lowest BCUT2D eigenvalue weighted by Crippen LogP contribution is -2.04. The van der Waals surface area contributed by atoms with E-state index in [1.54, 1.807) is 36.3 Å². The second kappa shape index (κ2) is 6.77. The van der Waals surface area contributed by atoms with Gasteiger partial charge in [0.25, 0.3) is 0 Å². The summed E-state index contributed by atoms with van der Waals surface area (Å²) in [6.07, 6.45) is 5.52. The Labute approximate surface area is 133 Å². The molecule has 2 heterocycles. The topological polar surface area (TPSA) is 29.9 Å². The lowest BCUT2D eigenvalue weighted by atomic mass is 10.3. The average molecular weight is 313 g/mol. The van der Waals surface area contributed by atoms with Crippen LogP contribution in [0.3, 0.4) is 0 Å². The summed E-state index contributed by atoms with van der Waals surface area (Å²) < 4.78 is 16.0. The molecule has 0 atom stereocenters. The van der Waals surface area contributed by atoms with Crippen LogP contribution in [0.25, 0.3) is 5.69 Å². The van der Waals surface area contributed by atoms with Crippen LogP contribution in [-0.2, 0) is 6.54 Å². The van der Waals surface area contributed by atoms with Crippen LogP contribution in [0.1, 0.15) is 5.56 Å². The van der Waals surface area contributed by atoms with Crippen LogP contribution in [0.15, 0.2) is 71.0 Å². The Hall–Kier alpha value is -2.11. The van der Waals surface area contributed by atoms with E-state index in [1.165, 1.54) is 6.07 Å². The van der Waals surface area contributed by atoms with Crippen molar-refractivity contribution in [1.82, 2.24) is 14.9 Å². The van der Waals surface area contributed by atoms with Gasteiger partial charge in [-0.25, -0.2) is 4.39 Å². The van der Waals surface area contributed by atoms with Crippen molar-refractivity contribution in [3.8, 4) is 5.69 Å². The van der Waals surface area contributed by atoms with Crippen LogP contribution in [0.4, 0.5) is 4.39 Å². The van der Waals surface area contributed by atoms with Gasteiger partial charge in [0.05, 0.1) is 10.7 Å². The van der Waals surface area contributed by atoms with Gasteiger partial charge in [-0.05, 0) is 42.9 Å². The van der Waals surface area contributed by atoms with Crippen molar-refractivity contribution in [1.29, 1.82) is 0 Å². The van der Waals surface area contributed by atoms with Gasteiger partial charge in [0, 0.05) is 30.0 Å². The first-order valence-corrected chi connectivity index (χ1v) is 7.78. The van der Waals surface area contributed by atoms with Crippen molar-refractivity contribution in [3.63, 3.8) is 0 Å². The molecule has 0 spiro atoms. The van der Waals surface area contributed by atoms with Crippen molar-refractivity contribution in [2.75, 3.05) is 7.05 Å². The van der Waals surface area contributed by atoms with Gasteiger partial charge in [-0.15, -0.1) is 0 Å². The lowest BCUT2D eigenvalue weighted by Gasteiger charge is -2.09. The number of benzene rings is 1. The molecule has 5 heteroatoms. The van der Waals surface area contributed by atoms with E-state index < -0.39 is 0 Å². The molecule has 0 saturated heterocycles. The summed E-state index contributed by atoms with van der Waals surface area (Å²) in [5, 5.41) is 4.09. The molecule has 1 aromatic carbocycles. The number of hydrogen-bond acceptors (Lipinski definition) is 3. The number of nitrogens with one attached hydrogen (secondary N) is 1. The van der Waals surface area contributed by atoms with Gasteiger partial charge < -0.3 is 9.88 Å². The molecule has 3 nitrogen and oxygen atoms in total. The number of nitrogens with zero attached hydrogens (tertiary/aromatic N) is 2. The maximum Gasteiger partial charge on any atom is 0.147 e. The van der Waals surface area contributed by atoms with Crippen molar-refractivity contribution >= 4 is 11.8 Å². The number of halogens is 1. The molecule has 0 saturated carbocycles. The molecular weight excluding hydrogens is 297 g/mol. The highest BCUT2D eigenvalue weighted by Crippen LogP contribution is 2.31. The van der Waals surface area contributed by atoms with Gasteiger partial charge in [0.1, 0.15) is 5.82 Å². The van der Waals surface area contributed by atoms with Crippen molar-refractivity contribution < 1.29 is 4.39 Å². The highest BCUT2D eigenvalue weighted by Gasteiger charge is 2.12. The number of hydrogen-bond donors (Lipinski definition) is 1. The van der Waals surface area contributed by atoms with Gasteiger partial charge >= 0.3 is 0 Å². The first-order valence-electron chi connectivity index (χ1n) is 6.96. The normalized spacial score (nSPS) is 10.8. The fourth-order valence-electron chi connectivity index (χ4n) is 2.24. The molecule has 3 aromatic rings. The quantitative estimate of drug-likeness (QED) is 0.775. The van der Waals surface area contributed by atoms with Crippen molar-refractivity contribution in [3.05, 3.63) is 72.4 Å². The summed E-state index contributed by atoms with van der Waals surface area (Å²) in [4.78, 5) is 5.15. The number of aromatic nitrogens is 2. The van der Waals surface area contributed by atoms with Crippen LogP contribution >= 0.6 is 11.8 Å². The fourth-order valence-corrected chi connectivity index (χ4v) is 3.20. The second-order valence-electron chi connectivity index (χ2n) is 4.83. The molecule has 0 radical (unpaired) electrons. The summed E-state index contributed by atoms with van der Waals surface area (Å²) >= 11 is 1.57. The minimum Gasteiger partial charge on any atom is -0.316 e. The van der Waals surface area contributed by atoms with E-state index >= 15 is 0 Å². The van der Waals surface area contributed by atoms with Crippen LogP contribution in [0.2, 0.25) is 0 Å². The third-order valence-corrected chi connectivity index (χ3v) is 4.19. The smallest absolute Gasteiger partial charge is 0.147 e. The van der Waals surface area contributed by atoms with Crippen LogP contribution in [0.5, 0.6) is 0 Å². The largest absolute Gasteiger partial charge is 0.316 e. The minimum atomic E-state index is -0.234. The summed E-state index contributed by atoms with van der Waals surface area (Å²) in [6, 6.07) is 12.8. The van der Waals surface area contributed by atoms with E-state index in [4.69, 9.17) is 0 Å². The van der Waals surface area contributed by atoms with E-state index in [9.17, 15) is 4.39 Å². The first-order chi connectivity index (χ1) is 10.8. The SMILES string of the molecule is CNCc1cc(Sc2cccnc2)n(-c2ccccc2F)c1. The molecule has 3 rings (SSSR count). The number of pyridine rings is 1. The number of para-hydroxylation sites is 1. The van der Waals surface area contributed by atoms with Gasteiger partial charge in [-0.2, -0.15) is 0 Å². The van der Waals surface area contributed by atoms with E-state index in [0.717, 1.165) is 22.0 Å². The molecule has 1 N–H and O–H groups in total. The summed E-state index contributed by atoms with van der Waals surface area (Å²) in [5.74, 6) is -0.234. The predicted octanol–water partition coefficient (Wildman–Crippen LogP) is 3.88. The fraction of sp³-hybridized carbons (Fsp3) is 0.118. The molecule has 22 heavy (non-hydrogen) atoms. The lowest BCUT2D eigenvalue weighted by molar-refractivity contribution is 0.614. The average Bonchev–Trinajstić information content (AvgIpc) is 2.91. The van der Waals surface area contributed by atoms with Gasteiger partial charge in [-0.1, -0.05) is 23.9 Å². The Balaban J connectivity index is 2.02. The third kappa shape index (κ3) is 3.21. The standard InChI is InChI=1S/C17H16FN3S/c1-19-10-13-9-17(22-14-5-4-8-20-11-14)21(12-13)16-7-3-2-6-15(16)18/h2-9,11-12,19H,10H2,1H3. The highest BCUT2D eigenvalue weighted by molar-refractivity contribution is 7.99. The molecule has 0 aliphatic heterocycles. The molecule has 0 aliphatic carbocycles. The second-order valence-corrected chi connectivity index (χ2v) is 5.92. The monoisotopic (exact) mass is 313 g/mol. The number of rotatable bonds is 5. The highest BCUT2D eigenvalue weighted by atomic mass is 32.2. The van der Waals surface area contributed by atoms with Gasteiger partial charge in [0.2, 0.25) is 0 Å². The first kappa shape index (κ1) is 14.8. The van der Waals surface area contributed by atoms with Crippen LogP contribution in [0, 0.1) is 5.82 Å². The molecule has 0 amide bonds. The van der Waals surface area contributed by atoms with Crippen molar-refractivity contribution in [2.45, 2.75) is 16.5 Å². The molecule has 2 aromatic heterocycles. The van der Waals surface area contributed by atoms with Crippen molar-refractivity contribution in [2.24, 2.45) is 0 Å². The summed E-state index contributed by atoms with van der Waals surface area (Å²) in [6.45, 7) is 0.738. The Morgan fingerprint density at radius 3 is 2.82 bits per heavy atom. The maximum atomic E-state index is 14.1. The molecule has 0 unspecified atom stereocenters. The van der Waals surface area contributed by atoms with E-state index in [0.29, 0.717) is 5.69 Å². The zero-order valence-electron chi connectivity index (χ0n) is 12.2. The molecular formula is C17H16FN3S. The molecule has 0 aliphatic rings. The Kier molecular flexibility index (Phi) is 4.56. The van der Waals surface area contributed by atoms with Crippen LogP contribution in [-0.4, -0.2) is 16.6 Å². The Morgan fingerprint density at radius 1 is 1.23 bits per heavy atom. The van der Waals surface area contributed by atoms with E-state index in [1.807, 2.05) is 36.0 Å². The summed E-state index contributed by atoms with van der Waals surface area (Å²) in [7, 11) is 1.90.